The molecule has 0 amide bonds. The molecule has 5 heteroatoms. The molecule has 0 saturated carbocycles. The minimum Gasteiger partial charge on any atom is -0.455 e. The summed E-state index contributed by atoms with van der Waals surface area (Å²) in [5, 5.41) is 14.7. The molecular formula is C16H19N3O2. The van der Waals surface area contributed by atoms with E-state index < -0.39 is 0 Å². The Hall–Kier alpha value is -2.69. The van der Waals surface area contributed by atoms with Crippen molar-refractivity contribution < 1.29 is 9.94 Å². The van der Waals surface area contributed by atoms with E-state index in [-0.39, 0.29) is 5.84 Å². The van der Waals surface area contributed by atoms with Crippen LogP contribution in [0.5, 0.6) is 11.5 Å². The number of hydrogen-bond donors (Lipinski definition) is 3. The average molecular weight is 285 g/mol. The van der Waals surface area contributed by atoms with E-state index in [1.54, 1.807) is 0 Å². The molecule has 0 bridgehead atoms. The third-order valence-electron chi connectivity index (χ3n) is 2.91. The molecular weight excluding hydrogens is 266 g/mol. The number of amidine groups is 1. The van der Waals surface area contributed by atoms with Gasteiger partial charge in [-0.2, -0.15) is 0 Å². The van der Waals surface area contributed by atoms with Crippen LogP contribution in [0.15, 0.2) is 59.8 Å². The van der Waals surface area contributed by atoms with Crippen LogP contribution in [0.2, 0.25) is 0 Å². The molecule has 4 N–H and O–H groups in total. The quantitative estimate of drug-likeness (QED) is 0.239. The summed E-state index contributed by atoms with van der Waals surface area (Å²) < 4.78 is 5.86. The predicted octanol–water partition coefficient (Wildman–Crippen LogP) is 3.42. The Morgan fingerprint density at radius 1 is 1.10 bits per heavy atom. The maximum absolute atomic E-state index is 8.48. The van der Waals surface area contributed by atoms with E-state index in [2.05, 4.69) is 10.5 Å². The molecule has 2 aromatic rings. The van der Waals surface area contributed by atoms with E-state index in [0.29, 0.717) is 13.0 Å². The van der Waals surface area contributed by atoms with Gasteiger partial charge in [0.25, 0.3) is 0 Å². The molecule has 110 valence electrons. The molecule has 0 aromatic heterocycles. The first kappa shape index (κ1) is 14.7. The second-order valence-electron chi connectivity index (χ2n) is 4.53. The van der Waals surface area contributed by atoms with Crippen LogP contribution in [0.3, 0.4) is 0 Å². The first-order valence-corrected chi connectivity index (χ1v) is 6.82. The van der Waals surface area contributed by atoms with Gasteiger partial charge in [0.05, 0.1) is 5.69 Å². The maximum atomic E-state index is 8.48. The highest BCUT2D eigenvalue weighted by Crippen LogP contribution is 2.28. The van der Waals surface area contributed by atoms with Crippen molar-refractivity contribution in [3.8, 4) is 11.5 Å². The molecule has 0 atom stereocenters. The number of benzene rings is 2. The molecule has 0 aliphatic heterocycles. The third kappa shape index (κ3) is 4.72. The van der Waals surface area contributed by atoms with E-state index in [9.17, 15) is 0 Å². The number of nitrogens with zero attached hydrogens (tertiary/aromatic N) is 1. The third-order valence-corrected chi connectivity index (χ3v) is 2.91. The Kier molecular flexibility index (Phi) is 5.46. The molecule has 0 spiro atoms. The fourth-order valence-corrected chi connectivity index (χ4v) is 1.86. The average Bonchev–Trinajstić information content (AvgIpc) is 2.53. The number of oxime groups is 1. The number of nitrogens with one attached hydrogen (secondary N) is 1. The van der Waals surface area contributed by atoms with E-state index in [0.717, 1.165) is 23.6 Å². The maximum Gasteiger partial charge on any atom is 0.150 e. The number of hydrogen-bond acceptors (Lipinski definition) is 4. The Balaban J connectivity index is 1.94. The first-order chi connectivity index (χ1) is 10.3. The Labute approximate surface area is 124 Å². The van der Waals surface area contributed by atoms with Crippen LogP contribution in [0.25, 0.3) is 0 Å². The molecule has 0 radical (unpaired) electrons. The summed E-state index contributed by atoms with van der Waals surface area (Å²) in [6.45, 7) is 0.714. The van der Waals surface area contributed by atoms with Crippen molar-refractivity contribution >= 4 is 11.5 Å². The largest absolute Gasteiger partial charge is 0.455 e. The molecule has 21 heavy (non-hydrogen) atoms. The van der Waals surface area contributed by atoms with Crippen molar-refractivity contribution in [3.63, 3.8) is 0 Å². The number of rotatable bonds is 7. The first-order valence-electron chi connectivity index (χ1n) is 6.82. The number of nitrogens with two attached hydrogens (primary N) is 1. The van der Waals surface area contributed by atoms with Gasteiger partial charge in [0.1, 0.15) is 11.6 Å². The van der Waals surface area contributed by atoms with Gasteiger partial charge in [-0.3, -0.25) is 0 Å². The minimum atomic E-state index is 0.241. The summed E-state index contributed by atoms with van der Waals surface area (Å²) in [7, 11) is 0. The van der Waals surface area contributed by atoms with Crippen LogP contribution in [-0.2, 0) is 0 Å². The summed E-state index contributed by atoms with van der Waals surface area (Å²) >= 11 is 0. The van der Waals surface area contributed by atoms with Crippen molar-refractivity contribution in [2.24, 2.45) is 10.9 Å². The van der Waals surface area contributed by atoms with Crippen molar-refractivity contribution in [3.05, 3.63) is 54.6 Å². The van der Waals surface area contributed by atoms with E-state index >= 15 is 0 Å². The van der Waals surface area contributed by atoms with E-state index in [4.69, 9.17) is 15.7 Å². The SMILES string of the molecule is NC(CCCNc1ccccc1Oc1ccccc1)=NO. The Bertz CT molecular complexity index is 585. The topological polar surface area (TPSA) is 79.9 Å². The van der Waals surface area contributed by atoms with Gasteiger partial charge in [0, 0.05) is 13.0 Å². The van der Waals surface area contributed by atoms with Gasteiger partial charge in [0.2, 0.25) is 0 Å². The molecule has 5 nitrogen and oxygen atoms in total. The normalized spacial score (nSPS) is 11.1. The molecule has 0 aliphatic carbocycles. The van der Waals surface area contributed by atoms with Crippen molar-refractivity contribution in [2.75, 3.05) is 11.9 Å². The van der Waals surface area contributed by atoms with Crippen LogP contribution in [0.1, 0.15) is 12.8 Å². The number of ether oxygens (including phenoxy) is 1. The number of para-hydroxylation sites is 3. The fourth-order valence-electron chi connectivity index (χ4n) is 1.86. The highest BCUT2D eigenvalue weighted by molar-refractivity contribution is 5.79. The van der Waals surface area contributed by atoms with Crippen LogP contribution < -0.4 is 15.8 Å². The highest BCUT2D eigenvalue weighted by atomic mass is 16.5. The molecule has 0 saturated heterocycles. The van der Waals surface area contributed by atoms with Crippen molar-refractivity contribution in [1.82, 2.24) is 0 Å². The lowest BCUT2D eigenvalue weighted by molar-refractivity contribution is 0.316. The fraction of sp³-hybridized carbons (Fsp3) is 0.188. The van der Waals surface area contributed by atoms with Crippen molar-refractivity contribution in [1.29, 1.82) is 0 Å². The standard InChI is InChI=1S/C16H19N3O2/c17-16(19-20)11-6-12-18-14-9-4-5-10-15(14)21-13-7-2-1-3-8-13/h1-5,7-10,18,20H,6,11-12H2,(H2,17,19). The van der Waals surface area contributed by atoms with Gasteiger partial charge in [-0.15, -0.1) is 0 Å². The zero-order valence-electron chi connectivity index (χ0n) is 11.7. The molecule has 0 aliphatic rings. The summed E-state index contributed by atoms with van der Waals surface area (Å²) in [6.07, 6.45) is 1.32. The zero-order valence-corrected chi connectivity index (χ0v) is 11.7. The second kappa shape index (κ2) is 7.79. The van der Waals surface area contributed by atoms with E-state index in [1.807, 2.05) is 54.6 Å². The van der Waals surface area contributed by atoms with Gasteiger partial charge in [-0.25, -0.2) is 0 Å². The summed E-state index contributed by atoms with van der Waals surface area (Å²) in [4.78, 5) is 0. The van der Waals surface area contributed by atoms with Crippen LogP contribution in [0, 0.1) is 0 Å². The van der Waals surface area contributed by atoms with Gasteiger partial charge in [0.15, 0.2) is 5.75 Å². The molecule has 0 fully saturated rings. The Morgan fingerprint density at radius 3 is 2.57 bits per heavy atom. The van der Waals surface area contributed by atoms with Crippen LogP contribution in [-0.4, -0.2) is 17.6 Å². The lowest BCUT2D eigenvalue weighted by Crippen LogP contribution is -2.13. The van der Waals surface area contributed by atoms with Crippen LogP contribution in [0.4, 0.5) is 5.69 Å². The monoisotopic (exact) mass is 285 g/mol. The lowest BCUT2D eigenvalue weighted by atomic mass is 10.2. The summed E-state index contributed by atoms with van der Waals surface area (Å²) in [5.41, 5.74) is 6.35. The molecule has 2 rings (SSSR count). The van der Waals surface area contributed by atoms with E-state index in [1.165, 1.54) is 0 Å². The summed E-state index contributed by atoms with van der Waals surface area (Å²) in [5.74, 6) is 1.81. The smallest absolute Gasteiger partial charge is 0.150 e. The highest BCUT2D eigenvalue weighted by Gasteiger charge is 2.03. The second-order valence-corrected chi connectivity index (χ2v) is 4.53. The van der Waals surface area contributed by atoms with Gasteiger partial charge in [-0.1, -0.05) is 35.5 Å². The van der Waals surface area contributed by atoms with Crippen LogP contribution >= 0.6 is 0 Å². The molecule has 0 unspecified atom stereocenters. The molecule has 0 heterocycles. The molecule has 2 aromatic carbocycles. The van der Waals surface area contributed by atoms with Crippen molar-refractivity contribution in [2.45, 2.75) is 12.8 Å². The lowest BCUT2D eigenvalue weighted by Gasteiger charge is -2.12. The summed E-state index contributed by atoms with van der Waals surface area (Å²) in [6, 6.07) is 17.4. The minimum absolute atomic E-state index is 0.241. The zero-order chi connectivity index (χ0) is 14.9. The predicted molar refractivity (Wildman–Crippen MR) is 84.1 cm³/mol. The van der Waals surface area contributed by atoms with Gasteiger partial charge in [-0.05, 0) is 30.7 Å². The van der Waals surface area contributed by atoms with Gasteiger partial charge >= 0.3 is 0 Å². The Morgan fingerprint density at radius 2 is 1.81 bits per heavy atom. The van der Waals surface area contributed by atoms with Gasteiger partial charge < -0.3 is 21.0 Å². The number of anilines is 1.